The van der Waals surface area contributed by atoms with Crippen LogP contribution in [0.25, 0.3) is 0 Å². The minimum atomic E-state index is -0.397. The van der Waals surface area contributed by atoms with Gasteiger partial charge in [0.15, 0.2) is 0 Å². The third kappa shape index (κ3) is 4.01. The molecule has 0 unspecified atom stereocenters. The van der Waals surface area contributed by atoms with Gasteiger partial charge in [0.1, 0.15) is 11.3 Å². The molecule has 5 nitrogen and oxygen atoms in total. The zero-order valence-corrected chi connectivity index (χ0v) is 11.0. The predicted octanol–water partition coefficient (Wildman–Crippen LogP) is 1.22. The van der Waals surface area contributed by atoms with Gasteiger partial charge in [-0.15, -0.1) is 0 Å². The molecule has 0 aliphatic carbocycles. The Balaban J connectivity index is 2.69. The Kier molecular flexibility index (Phi) is 6.18. The van der Waals surface area contributed by atoms with E-state index in [1.165, 1.54) is 14.2 Å². The van der Waals surface area contributed by atoms with Crippen molar-refractivity contribution in [2.45, 2.75) is 6.54 Å². The number of carbonyl (C=O) groups is 1. The Morgan fingerprint density at radius 1 is 1.28 bits per heavy atom. The van der Waals surface area contributed by atoms with Crippen molar-refractivity contribution in [3.05, 3.63) is 29.3 Å². The van der Waals surface area contributed by atoms with Crippen molar-refractivity contribution in [3.63, 3.8) is 0 Å². The van der Waals surface area contributed by atoms with Crippen LogP contribution >= 0.6 is 0 Å². The highest BCUT2D eigenvalue weighted by molar-refractivity contribution is 5.92. The molecular weight excluding hydrogens is 234 g/mol. The number of benzene rings is 1. The largest absolute Gasteiger partial charge is 0.496 e. The van der Waals surface area contributed by atoms with Crippen LogP contribution in [0.15, 0.2) is 18.2 Å². The smallest absolute Gasteiger partial charge is 0.341 e. The minimum Gasteiger partial charge on any atom is -0.496 e. The minimum absolute atomic E-state index is 0.397. The van der Waals surface area contributed by atoms with Gasteiger partial charge in [-0.3, -0.25) is 0 Å². The number of esters is 1. The van der Waals surface area contributed by atoms with E-state index in [-0.39, 0.29) is 0 Å². The average molecular weight is 253 g/mol. The van der Waals surface area contributed by atoms with Crippen LogP contribution in [-0.4, -0.2) is 40.5 Å². The van der Waals surface area contributed by atoms with E-state index < -0.39 is 5.97 Å². The molecule has 0 saturated heterocycles. The quantitative estimate of drug-likeness (QED) is 0.585. The monoisotopic (exact) mass is 253 g/mol. The first-order valence-electron chi connectivity index (χ1n) is 5.67. The van der Waals surface area contributed by atoms with E-state index in [0.717, 1.165) is 12.1 Å². The summed E-state index contributed by atoms with van der Waals surface area (Å²) in [5, 5.41) is 3.22. The summed E-state index contributed by atoms with van der Waals surface area (Å²) in [6.45, 7) is 2.14. The molecule has 0 bridgehead atoms. The van der Waals surface area contributed by atoms with E-state index in [9.17, 15) is 4.79 Å². The van der Waals surface area contributed by atoms with Gasteiger partial charge in [-0.1, -0.05) is 6.07 Å². The molecule has 0 atom stereocenters. The van der Waals surface area contributed by atoms with Crippen LogP contribution in [0.3, 0.4) is 0 Å². The molecule has 0 radical (unpaired) electrons. The van der Waals surface area contributed by atoms with E-state index >= 15 is 0 Å². The van der Waals surface area contributed by atoms with Crippen molar-refractivity contribution in [3.8, 4) is 5.75 Å². The number of methoxy groups -OCH3 is 3. The number of hydrogen-bond donors (Lipinski definition) is 1. The highest BCUT2D eigenvalue weighted by Gasteiger charge is 2.12. The number of hydrogen-bond acceptors (Lipinski definition) is 5. The Bertz CT molecular complexity index is 393. The maximum atomic E-state index is 11.5. The molecule has 0 fully saturated rings. The molecule has 0 aromatic heterocycles. The Morgan fingerprint density at radius 2 is 2.06 bits per heavy atom. The second kappa shape index (κ2) is 7.68. The molecule has 18 heavy (non-hydrogen) atoms. The SMILES string of the molecule is COCCNCc1ccc(C(=O)OC)c(OC)c1. The fourth-order valence-electron chi connectivity index (χ4n) is 1.53. The Labute approximate surface area is 107 Å². The van der Waals surface area contributed by atoms with E-state index in [4.69, 9.17) is 9.47 Å². The number of ether oxygens (including phenoxy) is 3. The van der Waals surface area contributed by atoms with E-state index in [1.54, 1.807) is 13.2 Å². The standard InChI is InChI=1S/C13H19NO4/c1-16-7-6-14-9-10-4-5-11(13(15)18-3)12(8-10)17-2/h4-5,8,14H,6-7,9H2,1-3H3. The predicted molar refractivity (Wildman–Crippen MR) is 67.9 cm³/mol. The summed E-state index contributed by atoms with van der Waals surface area (Å²) < 4.78 is 14.8. The fourth-order valence-corrected chi connectivity index (χ4v) is 1.53. The van der Waals surface area contributed by atoms with Gasteiger partial charge in [0.05, 0.1) is 20.8 Å². The molecular formula is C13H19NO4. The van der Waals surface area contributed by atoms with Crippen molar-refractivity contribution in [1.29, 1.82) is 0 Å². The van der Waals surface area contributed by atoms with Crippen LogP contribution in [-0.2, 0) is 16.0 Å². The van der Waals surface area contributed by atoms with Gasteiger partial charge in [-0.2, -0.15) is 0 Å². The summed E-state index contributed by atoms with van der Waals surface area (Å²) in [4.78, 5) is 11.5. The lowest BCUT2D eigenvalue weighted by Crippen LogP contribution is -2.18. The van der Waals surface area contributed by atoms with Crippen molar-refractivity contribution < 1.29 is 19.0 Å². The number of rotatable bonds is 7. The lowest BCUT2D eigenvalue weighted by molar-refractivity contribution is 0.0597. The molecule has 1 aromatic rings. The lowest BCUT2D eigenvalue weighted by Gasteiger charge is -2.10. The van der Waals surface area contributed by atoms with Gasteiger partial charge in [0, 0.05) is 20.2 Å². The molecule has 0 amide bonds. The van der Waals surface area contributed by atoms with Crippen LogP contribution in [0.1, 0.15) is 15.9 Å². The molecule has 0 aliphatic rings. The summed E-state index contributed by atoms with van der Waals surface area (Å²) in [7, 11) is 4.54. The zero-order chi connectivity index (χ0) is 13.4. The molecule has 1 rings (SSSR count). The molecule has 1 aromatic carbocycles. The highest BCUT2D eigenvalue weighted by atomic mass is 16.5. The van der Waals surface area contributed by atoms with Gasteiger partial charge < -0.3 is 19.5 Å². The van der Waals surface area contributed by atoms with Gasteiger partial charge in [-0.05, 0) is 17.7 Å². The summed E-state index contributed by atoms with van der Waals surface area (Å²) in [5.74, 6) is 0.124. The zero-order valence-electron chi connectivity index (χ0n) is 11.0. The first-order chi connectivity index (χ1) is 8.72. The number of carbonyl (C=O) groups excluding carboxylic acids is 1. The third-order valence-corrected chi connectivity index (χ3v) is 2.48. The normalized spacial score (nSPS) is 10.2. The lowest BCUT2D eigenvalue weighted by atomic mass is 10.1. The third-order valence-electron chi connectivity index (χ3n) is 2.48. The molecule has 5 heteroatoms. The molecule has 1 N–H and O–H groups in total. The second-order valence-electron chi connectivity index (χ2n) is 3.70. The highest BCUT2D eigenvalue weighted by Crippen LogP contribution is 2.20. The van der Waals surface area contributed by atoms with Crippen LogP contribution in [0.4, 0.5) is 0 Å². The molecule has 0 spiro atoms. The maximum Gasteiger partial charge on any atom is 0.341 e. The van der Waals surface area contributed by atoms with Crippen LogP contribution in [0.2, 0.25) is 0 Å². The topological polar surface area (TPSA) is 56.8 Å². The molecule has 0 heterocycles. The van der Waals surface area contributed by atoms with Crippen molar-refractivity contribution in [1.82, 2.24) is 5.32 Å². The van der Waals surface area contributed by atoms with Crippen LogP contribution in [0, 0.1) is 0 Å². The van der Waals surface area contributed by atoms with Crippen molar-refractivity contribution in [2.75, 3.05) is 34.5 Å². The van der Waals surface area contributed by atoms with E-state index in [2.05, 4.69) is 10.1 Å². The van der Waals surface area contributed by atoms with Gasteiger partial charge in [0.2, 0.25) is 0 Å². The van der Waals surface area contributed by atoms with E-state index in [0.29, 0.717) is 24.5 Å². The second-order valence-corrected chi connectivity index (χ2v) is 3.70. The summed E-state index contributed by atoms with van der Waals surface area (Å²) >= 11 is 0. The van der Waals surface area contributed by atoms with E-state index in [1.807, 2.05) is 12.1 Å². The van der Waals surface area contributed by atoms with Crippen molar-refractivity contribution >= 4 is 5.97 Å². The van der Waals surface area contributed by atoms with Gasteiger partial charge in [-0.25, -0.2) is 4.79 Å². The fraction of sp³-hybridized carbons (Fsp3) is 0.462. The summed E-state index contributed by atoms with van der Waals surface area (Å²) in [5.41, 5.74) is 1.47. The molecule has 100 valence electrons. The molecule has 0 saturated carbocycles. The Morgan fingerprint density at radius 3 is 2.67 bits per heavy atom. The first kappa shape index (κ1) is 14.5. The summed E-state index contributed by atoms with van der Waals surface area (Å²) in [6, 6.07) is 5.40. The first-order valence-corrected chi connectivity index (χ1v) is 5.67. The molecule has 0 aliphatic heterocycles. The van der Waals surface area contributed by atoms with Gasteiger partial charge in [0.25, 0.3) is 0 Å². The van der Waals surface area contributed by atoms with Crippen LogP contribution < -0.4 is 10.1 Å². The maximum absolute atomic E-state index is 11.5. The Hall–Kier alpha value is -1.59. The van der Waals surface area contributed by atoms with Gasteiger partial charge >= 0.3 is 5.97 Å². The summed E-state index contributed by atoms with van der Waals surface area (Å²) in [6.07, 6.45) is 0. The van der Waals surface area contributed by atoms with Crippen LogP contribution in [0.5, 0.6) is 5.75 Å². The average Bonchev–Trinajstić information content (AvgIpc) is 2.42. The number of nitrogens with one attached hydrogen (secondary N) is 1. The van der Waals surface area contributed by atoms with Crippen molar-refractivity contribution in [2.24, 2.45) is 0 Å².